The van der Waals surface area contributed by atoms with Gasteiger partial charge in [0.25, 0.3) is 0 Å². The zero-order valence-electron chi connectivity index (χ0n) is 17.1. The van der Waals surface area contributed by atoms with Gasteiger partial charge in [-0.3, -0.25) is 0 Å². The van der Waals surface area contributed by atoms with Crippen LogP contribution in [0.25, 0.3) is 0 Å². The van der Waals surface area contributed by atoms with Gasteiger partial charge in [-0.15, -0.1) is 0 Å². The molecule has 0 saturated heterocycles. The molecule has 0 saturated carbocycles. The summed E-state index contributed by atoms with van der Waals surface area (Å²) in [5.41, 5.74) is 4.28. The van der Waals surface area contributed by atoms with Gasteiger partial charge in [0, 0.05) is 5.69 Å². The van der Waals surface area contributed by atoms with Gasteiger partial charge in [0.2, 0.25) is 0 Å². The molecule has 2 aromatic carbocycles. The van der Waals surface area contributed by atoms with Crippen molar-refractivity contribution in [1.82, 2.24) is 5.32 Å². The summed E-state index contributed by atoms with van der Waals surface area (Å²) < 4.78 is 0. The topological polar surface area (TPSA) is 41.1 Å². The van der Waals surface area contributed by atoms with Crippen LogP contribution in [-0.2, 0) is 10.8 Å². The van der Waals surface area contributed by atoms with E-state index in [1.165, 1.54) is 5.56 Å². The average Bonchev–Trinajstić information content (AvgIpc) is 2.53. The number of urea groups is 1. The zero-order valence-corrected chi connectivity index (χ0v) is 17.1. The predicted molar refractivity (Wildman–Crippen MR) is 111 cm³/mol. The molecule has 0 aliphatic rings. The Labute approximate surface area is 158 Å². The number of hydrogen-bond acceptors (Lipinski definition) is 1. The van der Waals surface area contributed by atoms with E-state index in [9.17, 15) is 4.79 Å². The number of anilines is 1. The molecule has 0 unspecified atom stereocenters. The van der Waals surface area contributed by atoms with Crippen LogP contribution in [0.5, 0.6) is 0 Å². The highest BCUT2D eigenvalue weighted by Gasteiger charge is 2.22. The van der Waals surface area contributed by atoms with E-state index in [1.807, 2.05) is 37.3 Å². The minimum absolute atomic E-state index is 0.0284. The van der Waals surface area contributed by atoms with Gasteiger partial charge < -0.3 is 10.6 Å². The first-order valence-corrected chi connectivity index (χ1v) is 9.26. The van der Waals surface area contributed by atoms with Crippen LogP contribution in [0.2, 0.25) is 0 Å². The molecular formula is C23H32N2O. The number of amides is 2. The highest BCUT2D eigenvalue weighted by molar-refractivity contribution is 5.90. The molecule has 0 fully saturated rings. The summed E-state index contributed by atoms with van der Waals surface area (Å²) in [6.45, 7) is 15.0. The molecule has 2 aromatic rings. The van der Waals surface area contributed by atoms with E-state index in [0.717, 1.165) is 16.8 Å². The van der Waals surface area contributed by atoms with E-state index in [4.69, 9.17) is 0 Å². The molecule has 3 heteroatoms. The third-order valence-corrected chi connectivity index (χ3v) is 4.59. The maximum atomic E-state index is 12.6. The van der Waals surface area contributed by atoms with Crippen LogP contribution < -0.4 is 10.6 Å². The fraction of sp³-hybridized carbons (Fsp3) is 0.435. The predicted octanol–water partition coefficient (Wildman–Crippen LogP) is 6.16. The molecule has 26 heavy (non-hydrogen) atoms. The molecule has 0 bridgehead atoms. The van der Waals surface area contributed by atoms with Crippen molar-refractivity contribution in [2.75, 3.05) is 5.32 Å². The summed E-state index contributed by atoms with van der Waals surface area (Å²) in [7, 11) is 0. The van der Waals surface area contributed by atoms with Gasteiger partial charge >= 0.3 is 6.03 Å². The maximum Gasteiger partial charge on any atom is 0.319 e. The van der Waals surface area contributed by atoms with Crippen LogP contribution in [0.3, 0.4) is 0 Å². The van der Waals surface area contributed by atoms with Gasteiger partial charge in [0.1, 0.15) is 0 Å². The lowest BCUT2D eigenvalue weighted by atomic mass is 9.81. The van der Waals surface area contributed by atoms with Crippen LogP contribution in [-0.4, -0.2) is 6.03 Å². The van der Waals surface area contributed by atoms with E-state index in [-0.39, 0.29) is 22.9 Å². The Morgan fingerprint density at radius 2 is 1.50 bits per heavy atom. The maximum absolute atomic E-state index is 12.6. The summed E-state index contributed by atoms with van der Waals surface area (Å²) in [5, 5.41) is 6.11. The third kappa shape index (κ3) is 5.10. The number of hydrogen-bond donors (Lipinski definition) is 2. The summed E-state index contributed by atoms with van der Waals surface area (Å²) in [5.74, 6) is 0. The Bertz CT molecular complexity index is 752. The van der Waals surface area contributed by atoms with Crippen molar-refractivity contribution in [1.29, 1.82) is 0 Å². The minimum atomic E-state index is -0.182. The number of carbonyl (C=O) groups is 1. The summed E-state index contributed by atoms with van der Waals surface area (Å²) >= 11 is 0. The van der Waals surface area contributed by atoms with Gasteiger partial charge in [0.05, 0.1) is 6.04 Å². The number of nitrogens with one attached hydrogen (secondary N) is 2. The van der Waals surface area contributed by atoms with Gasteiger partial charge in [-0.1, -0.05) is 84.0 Å². The van der Waals surface area contributed by atoms with Crippen molar-refractivity contribution in [3.8, 4) is 0 Å². The number of benzene rings is 2. The van der Waals surface area contributed by atoms with Crippen molar-refractivity contribution < 1.29 is 4.79 Å². The number of carbonyl (C=O) groups excluding carboxylic acids is 1. The van der Waals surface area contributed by atoms with Crippen LogP contribution in [0, 0.1) is 0 Å². The minimum Gasteiger partial charge on any atom is -0.331 e. The molecule has 0 spiro atoms. The first-order chi connectivity index (χ1) is 12.0. The molecule has 0 aromatic heterocycles. The second kappa shape index (κ2) is 7.53. The number of rotatable bonds is 3. The lowest BCUT2D eigenvalue weighted by molar-refractivity contribution is 0.249. The fourth-order valence-corrected chi connectivity index (χ4v) is 2.95. The highest BCUT2D eigenvalue weighted by Crippen LogP contribution is 2.34. The Morgan fingerprint density at radius 1 is 0.885 bits per heavy atom. The standard InChI is InChI=1S/C23H32N2O/c1-16(17-11-9-8-10-12-17)24-21(26)25-20-15-18(22(2,3)4)13-14-19(20)23(5,6)7/h8-16H,1-7H3,(H2,24,25,26)/t16-/m0/s1. The third-order valence-electron chi connectivity index (χ3n) is 4.59. The Morgan fingerprint density at radius 3 is 2.04 bits per heavy atom. The molecule has 0 aliphatic heterocycles. The van der Waals surface area contributed by atoms with Crippen LogP contribution in [0.15, 0.2) is 48.5 Å². The smallest absolute Gasteiger partial charge is 0.319 e. The Balaban J connectivity index is 2.24. The second-order valence-corrected chi connectivity index (χ2v) is 8.99. The average molecular weight is 353 g/mol. The van der Waals surface area contributed by atoms with Crippen molar-refractivity contribution >= 4 is 11.7 Å². The molecular weight excluding hydrogens is 320 g/mol. The van der Waals surface area contributed by atoms with Gasteiger partial charge in [-0.25, -0.2) is 4.79 Å². The summed E-state index contributed by atoms with van der Waals surface area (Å²) in [6, 6.07) is 16.1. The largest absolute Gasteiger partial charge is 0.331 e. The quantitative estimate of drug-likeness (QED) is 0.682. The fourth-order valence-electron chi connectivity index (χ4n) is 2.95. The first kappa shape index (κ1) is 20.0. The van der Waals surface area contributed by atoms with Crippen molar-refractivity contribution in [2.45, 2.75) is 65.3 Å². The lowest BCUT2D eigenvalue weighted by Crippen LogP contribution is -2.32. The van der Waals surface area contributed by atoms with Crippen molar-refractivity contribution in [3.05, 3.63) is 65.2 Å². The highest BCUT2D eigenvalue weighted by atomic mass is 16.2. The molecule has 1 atom stereocenters. The van der Waals surface area contributed by atoms with Crippen LogP contribution >= 0.6 is 0 Å². The molecule has 0 heterocycles. The summed E-state index contributed by atoms with van der Waals surface area (Å²) in [4.78, 5) is 12.6. The first-order valence-electron chi connectivity index (χ1n) is 9.26. The lowest BCUT2D eigenvalue weighted by Gasteiger charge is -2.27. The normalized spacial score (nSPS) is 13.2. The molecule has 2 amide bonds. The monoisotopic (exact) mass is 352 g/mol. The van der Waals surface area contributed by atoms with Gasteiger partial charge in [0.15, 0.2) is 0 Å². The molecule has 2 rings (SSSR count). The van der Waals surface area contributed by atoms with E-state index < -0.39 is 0 Å². The van der Waals surface area contributed by atoms with E-state index in [1.54, 1.807) is 0 Å². The molecule has 0 radical (unpaired) electrons. The molecule has 3 nitrogen and oxygen atoms in total. The van der Waals surface area contributed by atoms with Crippen molar-refractivity contribution in [3.63, 3.8) is 0 Å². The van der Waals surface area contributed by atoms with E-state index >= 15 is 0 Å². The van der Waals surface area contributed by atoms with E-state index in [2.05, 4.69) is 70.4 Å². The van der Waals surface area contributed by atoms with Gasteiger partial charge in [-0.05, 0) is 40.5 Å². The Hall–Kier alpha value is -2.29. The van der Waals surface area contributed by atoms with Gasteiger partial charge in [-0.2, -0.15) is 0 Å². The Kier molecular flexibility index (Phi) is 5.80. The second-order valence-electron chi connectivity index (χ2n) is 8.99. The SMILES string of the molecule is C[C@H](NC(=O)Nc1cc(C(C)(C)C)ccc1C(C)(C)C)c1ccccc1. The van der Waals surface area contributed by atoms with Crippen LogP contribution in [0.1, 0.15) is 71.2 Å². The summed E-state index contributed by atoms with van der Waals surface area (Å²) in [6.07, 6.45) is 0. The van der Waals surface area contributed by atoms with Crippen LogP contribution in [0.4, 0.5) is 10.5 Å². The molecule has 2 N–H and O–H groups in total. The van der Waals surface area contributed by atoms with Crippen molar-refractivity contribution in [2.24, 2.45) is 0 Å². The molecule has 0 aliphatic carbocycles. The zero-order chi connectivity index (χ0) is 19.5. The van der Waals surface area contributed by atoms with E-state index in [0.29, 0.717) is 0 Å². The molecule has 140 valence electrons.